The number of carbonyl (C=O) groups excluding carboxylic acids is 1. The molecule has 0 amide bonds. The summed E-state index contributed by atoms with van der Waals surface area (Å²) in [6, 6.07) is 0. The normalized spacial score (nSPS) is 18.8. The first-order valence-electron chi connectivity index (χ1n) is 13.8. The lowest BCUT2D eigenvalue weighted by Crippen LogP contribution is -2.60. The molecular formula is C28H51N3O2. The fraction of sp³-hybridized carbons (Fsp3) is 0.786. The van der Waals surface area contributed by atoms with Crippen LogP contribution in [0.5, 0.6) is 0 Å². The monoisotopic (exact) mass is 461 g/mol. The molecule has 1 rings (SSSR count). The van der Waals surface area contributed by atoms with Gasteiger partial charge < -0.3 is 9.90 Å². The Bertz CT molecular complexity index is 598. The van der Waals surface area contributed by atoms with Gasteiger partial charge in [-0.25, -0.2) is 9.48 Å². The van der Waals surface area contributed by atoms with Crippen LogP contribution in [0.3, 0.4) is 0 Å². The number of hydrogen-bond donors (Lipinski definition) is 1. The molecule has 0 aromatic rings. The Kier molecular flexibility index (Phi) is 16.9. The van der Waals surface area contributed by atoms with Crippen molar-refractivity contribution in [2.45, 2.75) is 136 Å². The van der Waals surface area contributed by atoms with E-state index < -0.39 is 5.97 Å². The molecule has 0 saturated carbocycles. The fourth-order valence-corrected chi connectivity index (χ4v) is 4.65. The minimum Gasteiger partial charge on any atom is -0.544 e. The number of quaternary nitrogens is 1. The summed E-state index contributed by atoms with van der Waals surface area (Å²) in [5.41, 5.74) is 6.08. The van der Waals surface area contributed by atoms with Crippen LogP contribution in [0.4, 0.5) is 0 Å². The Hall–Kier alpha value is -1.46. The van der Waals surface area contributed by atoms with Crippen LogP contribution in [0.1, 0.15) is 129 Å². The standard InChI is InChI=1S/C28H51N3O2/c1-3-4-5-6-7-8-9-10-11-12-13-14-15-16-17-18-19-20-21-22-27-30-23-24-31(27,26(2)29)25-28(32)33/h18-19,23-24,26H,3-17,20-22,25,29H2,1-2H3/b19-18+. The van der Waals surface area contributed by atoms with Crippen LogP contribution in [-0.4, -0.2) is 29.0 Å². The van der Waals surface area contributed by atoms with E-state index in [0.29, 0.717) is 0 Å². The third kappa shape index (κ3) is 13.1. The van der Waals surface area contributed by atoms with Gasteiger partial charge in [0.1, 0.15) is 18.9 Å². The number of hydrogen-bond acceptors (Lipinski definition) is 4. The molecule has 0 fully saturated rings. The summed E-state index contributed by atoms with van der Waals surface area (Å²) in [5, 5.41) is 11.2. The van der Waals surface area contributed by atoms with Gasteiger partial charge in [0.05, 0.1) is 12.2 Å². The number of aliphatic carboxylic acids is 1. The lowest BCUT2D eigenvalue weighted by atomic mass is 10.0. The molecule has 2 N–H and O–H groups in total. The molecule has 0 aromatic carbocycles. The van der Waals surface area contributed by atoms with Gasteiger partial charge >= 0.3 is 0 Å². The Morgan fingerprint density at radius 1 is 0.909 bits per heavy atom. The zero-order valence-electron chi connectivity index (χ0n) is 21.6. The molecule has 1 aliphatic heterocycles. The number of nitrogens with two attached hydrogens (primary N) is 1. The molecule has 5 nitrogen and oxygen atoms in total. The Balaban J connectivity index is 1.95. The minimum atomic E-state index is -1.10. The Morgan fingerprint density at radius 2 is 1.39 bits per heavy atom. The van der Waals surface area contributed by atoms with Crippen molar-refractivity contribution in [3.8, 4) is 0 Å². The first-order valence-corrected chi connectivity index (χ1v) is 13.8. The van der Waals surface area contributed by atoms with Crippen LogP contribution in [0.25, 0.3) is 0 Å². The van der Waals surface area contributed by atoms with Crippen LogP contribution < -0.4 is 10.8 Å². The number of carbonyl (C=O) groups is 1. The first-order chi connectivity index (χ1) is 16.0. The van der Waals surface area contributed by atoms with Crippen molar-refractivity contribution in [2.75, 3.05) is 6.54 Å². The fourth-order valence-electron chi connectivity index (χ4n) is 4.65. The second-order valence-electron chi connectivity index (χ2n) is 9.79. The highest BCUT2D eigenvalue weighted by atomic mass is 16.4. The van der Waals surface area contributed by atoms with E-state index in [2.05, 4.69) is 24.1 Å². The molecule has 33 heavy (non-hydrogen) atoms. The van der Waals surface area contributed by atoms with Gasteiger partial charge in [0, 0.05) is 13.3 Å². The maximum absolute atomic E-state index is 11.2. The average Bonchev–Trinajstić information content (AvgIpc) is 3.18. The highest BCUT2D eigenvalue weighted by Gasteiger charge is 2.38. The summed E-state index contributed by atoms with van der Waals surface area (Å²) in [4.78, 5) is 15.6. The van der Waals surface area contributed by atoms with Crippen LogP contribution in [0, 0.1) is 0 Å². The lowest BCUT2D eigenvalue weighted by molar-refractivity contribution is -0.808. The van der Waals surface area contributed by atoms with Crippen LogP contribution >= 0.6 is 0 Å². The number of allylic oxidation sites excluding steroid dienone is 2. The summed E-state index contributed by atoms with van der Waals surface area (Å²) in [6.07, 6.45) is 31.1. The van der Waals surface area contributed by atoms with Gasteiger partial charge in [0.2, 0.25) is 5.84 Å². The third-order valence-electron chi connectivity index (χ3n) is 6.82. The first kappa shape index (κ1) is 29.6. The zero-order valence-corrected chi connectivity index (χ0v) is 21.6. The molecule has 0 saturated heterocycles. The van der Waals surface area contributed by atoms with E-state index in [9.17, 15) is 9.90 Å². The SMILES string of the molecule is CCCCCCCCCCCCCCCC/C=C/CCCC1=NC=C[N+]1(CC(=O)[O-])C(C)N. The van der Waals surface area contributed by atoms with Crippen molar-refractivity contribution in [1.82, 2.24) is 0 Å². The van der Waals surface area contributed by atoms with E-state index in [1.807, 2.05) is 6.92 Å². The summed E-state index contributed by atoms with van der Waals surface area (Å²) >= 11 is 0. The van der Waals surface area contributed by atoms with E-state index in [1.54, 1.807) is 12.4 Å². The largest absolute Gasteiger partial charge is 0.544 e. The highest BCUT2D eigenvalue weighted by Crippen LogP contribution is 2.23. The quantitative estimate of drug-likeness (QED) is 0.116. The Morgan fingerprint density at radius 3 is 1.88 bits per heavy atom. The van der Waals surface area contributed by atoms with Gasteiger partial charge in [-0.3, -0.25) is 5.73 Å². The maximum Gasteiger partial charge on any atom is 0.209 e. The van der Waals surface area contributed by atoms with Crippen molar-refractivity contribution in [3.05, 3.63) is 24.6 Å². The van der Waals surface area contributed by atoms with Crippen LogP contribution in [-0.2, 0) is 4.79 Å². The number of unbranched alkanes of at least 4 members (excludes halogenated alkanes) is 15. The molecule has 2 unspecified atom stereocenters. The smallest absolute Gasteiger partial charge is 0.209 e. The van der Waals surface area contributed by atoms with E-state index in [0.717, 1.165) is 31.5 Å². The topological polar surface area (TPSA) is 78.5 Å². The van der Waals surface area contributed by atoms with Crippen molar-refractivity contribution >= 4 is 11.8 Å². The van der Waals surface area contributed by atoms with Crippen molar-refractivity contribution < 1.29 is 14.4 Å². The number of rotatable bonds is 22. The van der Waals surface area contributed by atoms with Crippen LogP contribution in [0.2, 0.25) is 0 Å². The molecule has 1 aliphatic rings. The Labute approximate surface area is 203 Å². The average molecular weight is 462 g/mol. The molecule has 0 aromatic heterocycles. The highest BCUT2D eigenvalue weighted by molar-refractivity contribution is 5.81. The van der Waals surface area contributed by atoms with Crippen molar-refractivity contribution in [1.29, 1.82) is 0 Å². The third-order valence-corrected chi connectivity index (χ3v) is 6.82. The molecule has 2 atom stereocenters. The van der Waals surface area contributed by atoms with E-state index >= 15 is 0 Å². The second kappa shape index (κ2) is 18.9. The number of aliphatic imine (C=N–C) groups is 1. The van der Waals surface area contributed by atoms with E-state index in [4.69, 9.17) is 5.73 Å². The summed E-state index contributed by atoms with van der Waals surface area (Å²) in [5.74, 6) is -0.269. The summed E-state index contributed by atoms with van der Waals surface area (Å²) in [6.45, 7) is 3.95. The van der Waals surface area contributed by atoms with Gasteiger partial charge in [-0.2, -0.15) is 0 Å². The van der Waals surface area contributed by atoms with Crippen LogP contribution in [0.15, 0.2) is 29.5 Å². The molecule has 1 heterocycles. The van der Waals surface area contributed by atoms with Gasteiger partial charge in [-0.05, 0) is 25.7 Å². The maximum atomic E-state index is 11.2. The van der Waals surface area contributed by atoms with Gasteiger partial charge in [-0.15, -0.1) is 0 Å². The summed E-state index contributed by atoms with van der Waals surface area (Å²) < 4.78 is 0.0884. The second-order valence-corrected chi connectivity index (χ2v) is 9.79. The molecule has 5 heteroatoms. The van der Waals surface area contributed by atoms with Gasteiger partial charge in [0.25, 0.3) is 0 Å². The van der Waals surface area contributed by atoms with Gasteiger partial charge in [-0.1, -0.05) is 103 Å². The van der Waals surface area contributed by atoms with Crippen molar-refractivity contribution in [3.63, 3.8) is 0 Å². The number of carboxylic acid groups (broad SMARTS) is 1. The molecule has 0 bridgehead atoms. The number of nitrogens with zero attached hydrogens (tertiary/aromatic N) is 2. The lowest BCUT2D eigenvalue weighted by Gasteiger charge is -2.36. The molecule has 190 valence electrons. The predicted molar refractivity (Wildman–Crippen MR) is 138 cm³/mol. The summed E-state index contributed by atoms with van der Waals surface area (Å²) in [7, 11) is 0. The molecular weight excluding hydrogens is 410 g/mol. The molecule has 0 aliphatic carbocycles. The predicted octanol–water partition coefficient (Wildman–Crippen LogP) is 6.34. The number of amidine groups is 1. The van der Waals surface area contributed by atoms with Crippen molar-refractivity contribution in [2.24, 2.45) is 10.7 Å². The number of carboxylic acids is 1. The van der Waals surface area contributed by atoms with Gasteiger partial charge in [0.15, 0.2) is 0 Å². The van der Waals surface area contributed by atoms with E-state index in [-0.39, 0.29) is 17.2 Å². The molecule has 0 spiro atoms. The molecule has 0 radical (unpaired) electrons. The zero-order chi connectivity index (χ0) is 24.2. The van der Waals surface area contributed by atoms with E-state index in [1.165, 1.54) is 89.9 Å². The minimum absolute atomic E-state index is 0.0884.